The summed E-state index contributed by atoms with van der Waals surface area (Å²) >= 11 is 3.36. The van der Waals surface area contributed by atoms with Crippen LogP contribution in [0.2, 0.25) is 0 Å². The highest BCUT2D eigenvalue weighted by Crippen LogP contribution is 2.19. The second-order valence-corrected chi connectivity index (χ2v) is 5.11. The van der Waals surface area contributed by atoms with E-state index in [9.17, 15) is 9.18 Å². The van der Waals surface area contributed by atoms with Gasteiger partial charge in [0.2, 0.25) is 0 Å². The Bertz CT molecular complexity index is 807. The van der Waals surface area contributed by atoms with Crippen molar-refractivity contribution in [1.82, 2.24) is 4.57 Å². The van der Waals surface area contributed by atoms with Gasteiger partial charge >= 0.3 is 5.76 Å². The minimum Gasteiger partial charge on any atom is -0.408 e. The normalized spacial score (nSPS) is 11.1. The fourth-order valence-corrected chi connectivity index (χ4v) is 2.35. The third kappa shape index (κ3) is 2.33. The first-order valence-corrected chi connectivity index (χ1v) is 6.46. The number of benzene rings is 2. The van der Waals surface area contributed by atoms with Gasteiger partial charge in [0.1, 0.15) is 5.82 Å². The molecule has 3 rings (SSSR count). The van der Waals surface area contributed by atoms with Crippen LogP contribution in [0.4, 0.5) is 4.39 Å². The van der Waals surface area contributed by atoms with E-state index in [1.165, 1.54) is 16.7 Å². The molecular weight excluding hydrogens is 313 g/mol. The number of nitrogens with zero attached hydrogens (tertiary/aromatic N) is 1. The van der Waals surface area contributed by atoms with Gasteiger partial charge in [0.05, 0.1) is 12.1 Å². The number of fused-ring (bicyclic) bond motifs is 1. The van der Waals surface area contributed by atoms with Crippen molar-refractivity contribution in [3.8, 4) is 0 Å². The van der Waals surface area contributed by atoms with Crippen LogP contribution < -0.4 is 5.76 Å². The van der Waals surface area contributed by atoms with Gasteiger partial charge in [-0.1, -0.05) is 28.1 Å². The average molecular weight is 322 g/mol. The van der Waals surface area contributed by atoms with E-state index in [-0.39, 0.29) is 12.4 Å². The fourth-order valence-electron chi connectivity index (χ4n) is 2.00. The molecule has 5 heteroatoms. The van der Waals surface area contributed by atoms with E-state index in [1.54, 1.807) is 30.3 Å². The third-order valence-corrected chi connectivity index (χ3v) is 3.35. The molecule has 0 atom stereocenters. The van der Waals surface area contributed by atoms with Crippen LogP contribution in [0.15, 0.2) is 56.1 Å². The summed E-state index contributed by atoms with van der Waals surface area (Å²) in [6, 6.07) is 11.5. The Balaban J connectivity index is 2.12. The summed E-state index contributed by atoms with van der Waals surface area (Å²) in [6.45, 7) is 0.278. The number of aromatic nitrogens is 1. The third-order valence-electron chi connectivity index (χ3n) is 2.86. The van der Waals surface area contributed by atoms with Gasteiger partial charge in [-0.3, -0.25) is 4.57 Å². The molecular formula is C14H9BrFNO2. The maximum Gasteiger partial charge on any atom is 0.420 e. The van der Waals surface area contributed by atoms with Crippen LogP contribution in [0.25, 0.3) is 11.1 Å². The van der Waals surface area contributed by atoms with Crippen LogP contribution in [-0.4, -0.2) is 4.57 Å². The maximum absolute atomic E-state index is 13.2. The molecule has 0 aliphatic rings. The van der Waals surface area contributed by atoms with E-state index in [2.05, 4.69) is 15.9 Å². The Labute approximate surface area is 116 Å². The molecule has 0 amide bonds. The fraction of sp³-hybridized carbons (Fsp3) is 0.0714. The molecule has 0 N–H and O–H groups in total. The minimum atomic E-state index is -0.447. The second kappa shape index (κ2) is 4.66. The monoisotopic (exact) mass is 321 g/mol. The zero-order valence-corrected chi connectivity index (χ0v) is 11.4. The highest BCUT2D eigenvalue weighted by atomic mass is 79.9. The van der Waals surface area contributed by atoms with Gasteiger partial charge in [-0.05, 0) is 35.9 Å². The van der Waals surface area contributed by atoms with Gasteiger partial charge in [0.15, 0.2) is 5.58 Å². The Kier molecular flexibility index (Phi) is 2.98. The van der Waals surface area contributed by atoms with Crippen LogP contribution >= 0.6 is 15.9 Å². The molecule has 3 nitrogen and oxygen atoms in total. The molecule has 0 aliphatic carbocycles. The summed E-state index contributed by atoms with van der Waals surface area (Å²) in [6.07, 6.45) is 0. The molecule has 2 aromatic carbocycles. The number of hydrogen-bond acceptors (Lipinski definition) is 2. The van der Waals surface area contributed by atoms with Crippen LogP contribution in [0.5, 0.6) is 0 Å². The van der Waals surface area contributed by atoms with E-state index >= 15 is 0 Å². The summed E-state index contributed by atoms with van der Waals surface area (Å²) in [4.78, 5) is 11.8. The minimum absolute atomic E-state index is 0.278. The largest absolute Gasteiger partial charge is 0.420 e. The number of halogens is 2. The molecule has 1 heterocycles. The van der Waals surface area contributed by atoms with E-state index in [0.29, 0.717) is 16.7 Å². The van der Waals surface area contributed by atoms with Crippen molar-refractivity contribution in [2.75, 3.05) is 0 Å². The standard InChI is InChI=1S/C14H9BrFNO2/c15-10-4-5-13-12(7-10)17(14(18)19-13)8-9-2-1-3-11(16)6-9/h1-7H,8H2. The lowest BCUT2D eigenvalue weighted by Gasteiger charge is -2.03. The molecule has 0 fully saturated rings. The molecule has 96 valence electrons. The molecule has 0 radical (unpaired) electrons. The molecule has 1 aromatic heterocycles. The zero-order chi connectivity index (χ0) is 13.4. The van der Waals surface area contributed by atoms with Crippen molar-refractivity contribution in [3.63, 3.8) is 0 Å². The highest BCUT2D eigenvalue weighted by molar-refractivity contribution is 9.10. The Morgan fingerprint density at radius 2 is 2.05 bits per heavy atom. The molecule has 0 unspecified atom stereocenters. The summed E-state index contributed by atoms with van der Waals surface area (Å²) in [7, 11) is 0. The quantitative estimate of drug-likeness (QED) is 0.723. The van der Waals surface area contributed by atoms with Crippen molar-refractivity contribution >= 4 is 27.0 Å². The summed E-state index contributed by atoms with van der Waals surface area (Å²) in [5.74, 6) is -0.767. The van der Waals surface area contributed by atoms with E-state index in [4.69, 9.17) is 4.42 Å². The first kappa shape index (κ1) is 12.2. The Hall–Kier alpha value is -1.88. The van der Waals surface area contributed by atoms with Crippen molar-refractivity contribution in [2.45, 2.75) is 6.54 Å². The van der Waals surface area contributed by atoms with Crippen molar-refractivity contribution in [2.24, 2.45) is 0 Å². The lowest BCUT2D eigenvalue weighted by molar-refractivity contribution is 0.517. The molecule has 0 bridgehead atoms. The van der Waals surface area contributed by atoms with Gasteiger partial charge in [-0.2, -0.15) is 0 Å². The van der Waals surface area contributed by atoms with Crippen molar-refractivity contribution in [3.05, 3.63) is 68.9 Å². The van der Waals surface area contributed by atoms with Crippen molar-refractivity contribution < 1.29 is 8.81 Å². The molecule has 0 saturated carbocycles. The molecule has 0 spiro atoms. The molecule has 19 heavy (non-hydrogen) atoms. The van der Waals surface area contributed by atoms with Crippen LogP contribution in [-0.2, 0) is 6.54 Å². The van der Waals surface area contributed by atoms with E-state index < -0.39 is 5.76 Å². The molecule has 0 saturated heterocycles. The van der Waals surface area contributed by atoms with Crippen LogP contribution in [0.3, 0.4) is 0 Å². The smallest absolute Gasteiger partial charge is 0.408 e. The molecule has 3 aromatic rings. The van der Waals surface area contributed by atoms with Gasteiger partial charge in [-0.25, -0.2) is 9.18 Å². The summed E-state index contributed by atoms with van der Waals surface area (Å²) in [5.41, 5.74) is 1.91. The number of oxazole rings is 1. The number of hydrogen-bond donors (Lipinski definition) is 0. The maximum atomic E-state index is 13.2. The predicted molar refractivity (Wildman–Crippen MR) is 73.7 cm³/mol. The van der Waals surface area contributed by atoms with Gasteiger partial charge < -0.3 is 4.42 Å². The predicted octanol–water partition coefficient (Wildman–Crippen LogP) is 3.54. The Morgan fingerprint density at radius 3 is 2.84 bits per heavy atom. The Morgan fingerprint density at radius 1 is 1.21 bits per heavy atom. The first-order valence-electron chi connectivity index (χ1n) is 5.67. The SMILES string of the molecule is O=c1oc2ccc(Br)cc2n1Cc1cccc(F)c1. The van der Waals surface area contributed by atoms with Gasteiger partial charge in [-0.15, -0.1) is 0 Å². The topological polar surface area (TPSA) is 35.1 Å². The highest BCUT2D eigenvalue weighted by Gasteiger charge is 2.10. The van der Waals surface area contributed by atoms with Crippen LogP contribution in [0.1, 0.15) is 5.56 Å². The second-order valence-electron chi connectivity index (χ2n) is 4.20. The van der Waals surface area contributed by atoms with Gasteiger partial charge in [0.25, 0.3) is 0 Å². The summed E-state index contributed by atoms with van der Waals surface area (Å²) < 4.78 is 20.6. The zero-order valence-electron chi connectivity index (χ0n) is 9.77. The van der Waals surface area contributed by atoms with E-state index in [0.717, 1.165) is 4.47 Å². The summed E-state index contributed by atoms with van der Waals surface area (Å²) in [5, 5.41) is 0. The van der Waals surface area contributed by atoms with Gasteiger partial charge in [0, 0.05) is 4.47 Å². The molecule has 0 aliphatic heterocycles. The first-order chi connectivity index (χ1) is 9.13. The lowest BCUT2D eigenvalue weighted by Crippen LogP contribution is -2.14. The lowest BCUT2D eigenvalue weighted by atomic mass is 10.2. The van der Waals surface area contributed by atoms with E-state index in [1.807, 2.05) is 0 Å². The average Bonchev–Trinajstić information content (AvgIpc) is 2.66. The number of rotatable bonds is 2. The van der Waals surface area contributed by atoms with Crippen molar-refractivity contribution in [1.29, 1.82) is 0 Å². The van der Waals surface area contributed by atoms with Crippen LogP contribution in [0, 0.1) is 5.82 Å².